The third kappa shape index (κ3) is 6.68. The van der Waals surface area contributed by atoms with E-state index in [2.05, 4.69) is 0 Å². The first-order valence-electron chi connectivity index (χ1n) is 3.70. The second kappa shape index (κ2) is 6.50. The van der Waals surface area contributed by atoms with Crippen LogP contribution in [0.15, 0.2) is 0 Å². The van der Waals surface area contributed by atoms with Gasteiger partial charge in [0.1, 0.15) is 0 Å². The molecule has 0 saturated heterocycles. The van der Waals surface area contributed by atoms with Crippen molar-refractivity contribution >= 4 is 11.4 Å². The molecule has 0 aromatic heterocycles. The Bertz CT molecular complexity index is 126. The van der Waals surface area contributed by atoms with Crippen LogP contribution in [0.4, 0.5) is 0 Å². The van der Waals surface area contributed by atoms with Gasteiger partial charge in [-0.3, -0.25) is 9.11 Å². The lowest BCUT2D eigenvalue weighted by Crippen LogP contribution is -2.28. The van der Waals surface area contributed by atoms with E-state index < -0.39 is 23.6 Å². The van der Waals surface area contributed by atoms with Crippen molar-refractivity contribution in [3.63, 3.8) is 0 Å². The summed E-state index contributed by atoms with van der Waals surface area (Å²) in [6, 6.07) is 0. The SMILES string of the molecule is O=S(O)O.OC1CCCCC1O. The molecule has 0 aromatic rings. The summed E-state index contributed by atoms with van der Waals surface area (Å²) in [5.41, 5.74) is 0. The van der Waals surface area contributed by atoms with Crippen molar-refractivity contribution in [2.75, 3.05) is 0 Å². The van der Waals surface area contributed by atoms with Crippen molar-refractivity contribution in [1.82, 2.24) is 0 Å². The predicted molar refractivity (Wildman–Crippen MR) is 43.9 cm³/mol. The van der Waals surface area contributed by atoms with Crippen LogP contribution in [0, 0.1) is 0 Å². The number of aliphatic hydroxyl groups is 2. The molecule has 2 atom stereocenters. The van der Waals surface area contributed by atoms with Gasteiger partial charge in [0.05, 0.1) is 12.2 Å². The summed E-state index contributed by atoms with van der Waals surface area (Å²) < 4.78 is 22.8. The molecule has 6 heteroatoms. The molecule has 5 nitrogen and oxygen atoms in total. The van der Waals surface area contributed by atoms with Gasteiger partial charge in [-0.05, 0) is 12.8 Å². The first-order valence-corrected chi connectivity index (χ1v) is 4.76. The fourth-order valence-electron chi connectivity index (χ4n) is 1.09. The zero-order chi connectivity index (χ0) is 9.56. The minimum absolute atomic E-state index is 0.441. The second-order valence-electron chi connectivity index (χ2n) is 2.65. The van der Waals surface area contributed by atoms with Gasteiger partial charge in [0.2, 0.25) is 0 Å². The molecular formula is C6H14O5S. The quantitative estimate of drug-likeness (QED) is 0.409. The molecule has 1 fully saturated rings. The highest BCUT2D eigenvalue weighted by atomic mass is 32.2. The number of rotatable bonds is 0. The zero-order valence-corrected chi connectivity index (χ0v) is 7.40. The van der Waals surface area contributed by atoms with Gasteiger partial charge in [0.15, 0.2) is 0 Å². The summed E-state index contributed by atoms with van der Waals surface area (Å²) in [6.45, 7) is 0. The Balaban J connectivity index is 0.000000261. The van der Waals surface area contributed by atoms with Crippen LogP contribution in [0.5, 0.6) is 0 Å². The molecule has 2 unspecified atom stereocenters. The molecule has 1 rings (SSSR count). The molecule has 0 bridgehead atoms. The number of aliphatic hydroxyl groups excluding tert-OH is 2. The van der Waals surface area contributed by atoms with E-state index in [4.69, 9.17) is 23.5 Å². The molecule has 74 valence electrons. The van der Waals surface area contributed by atoms with Crippen LogP contribution in [0.2, 0.25) is 0 Å². The Morgan fingerprint density at radius 2 is 1.25 bits per heavy atom. The van der Waals surface area contributed by atoms with Gasteiger partial charge < -0.3 is 10.2 Å². The van der Waals surface area contributed by atoms with Crippen LogP contribution >= 0.6 is 0 Å². The van der Waals surface area contributed by atoms with E-state index >= 15 is 0 Å². The van der Waals surface area contributed by atoms with Gasteiger partial charge in [0.25, 0.3) is 11.4 Å². The van der Waals surface area contributed by atoms with Gasteiger partial charge >= 0.3 is 0 Å². The van der Waals surface area contributed by atoms with Gasteiger partial charge in [0, 0.05) is 0 Å². The van der Waals surface area contributed by atoms with E-state index in [9.17, 15) is 0 Å². The molecular weight excluding hydrogens is 184 g/mol. The topological polar surface area (TPSA) is 98.0 Å². The van der Waals surface area contributed by atoms with Crippen molar-refractivity contribution in [2.45, 2.75) is 37.9 Å². The van der Waals surface area contributed by atoms with Crippen LogP contribution in [0.1, 0.15) is 25.7 Å². The van der Waals surface area contributed by atoms with Crippen LogP contribution in [-0.2, 0) is 11.4 Å². The first-order chi connectivity index (χ1) is 5.54. The molecule has 1 aliphatic rings. The Hall–Kier alpha value is -0.0100. The fraction of sp³-hybridized carbons (Fsp3) is 1.00. The van der Waals surface area contributed by atoms with Gasteiger partial charge in [-0.1, -0.05) is 12.8 Å². The summed E-state index contributed by atoms with van der Waals surface area (Å²) in [4.78, 5) is 0. The summed E-state index contributed by atoms with van der Waals surface area (Å²) >= 11 is -2.61. The van der Waals surface area contributed by atoms with Crippen molar-refractivity contribution in [3.05, 3.63) is 0 Å². The van der Waals surface area contributed by atoms with E-state index in [0.29, 0.717) is 0 Å². The molecule has 0 spiro atoms. The summed E-state index contributed by atoms with van der Waals surface area (Å²) in [5.74, 6) is 0. The van der Waals surface area contributed by atoms with Crippen LogP contribution in [0.3, 0.4) is 0 Å². The molecule has 0 aromatic carbocycles. The van der Waals surface area contributed by atoms with E-state index in [-0.39, 0.29) is 0 Å². The lowest BCUT2D eigenvalue weighted by molar-refractivity contribution is -0.00865. The van der Waals surface area contributed by atoms with Crippen molar-refractivity contribution in [3.8, 4) is 0 Å². The van der Waals surface area contributed by atoms with Crippen LogP contribution < -0.4 is 0 Å². The number of hydrogen-bond acceptors (Lipinski definition) is 3. The van der Waals surface area contributed by atoms with Crippen molar-refractivity contribution in [1.29, 1.82) is 0 Å². The molecule has 0 heterocycles. The average molecular weight is 198 g/mol. The highest BCUT2D eigenvalue weighted by molar-refractivity contribution is 7.73. The van der Waals surface area contributed by atoms with E-state index in [1.54, 1.807) is 0 Å². The summed E-state index contributed by atoms with van der Waals surface area (Å²) in [6.07, 6.45) is 2.81. The smallest absolute Gasteiger partial charge is 0.299 e. The third-order valence-corrected chi connectivity index (χ3v) is 1.69. The maximum atomic E-state index is 8.93. The number of hydrogen-bond donors (Lipinski definition) is 4. The first kappa shape index (κ1) is 12.0. The molecule has 4 N–H and O–H groups in total. The Labute approximate surface area is 73.5 Å². The highest BCUT2D eigenvalue weighted by Crippen LogP contribution is 2.17. The van der Waals surface area contributed by atoms with Gasteiger partial charge in [-0.2, -0.15) is 4.21 Å². The second-order valence-corrected chi connectivity index (χ2v) is 3.11. The maximum Gasteiger partial charge on any atom is 0.299 e. The zero-order valence-electron chi connectivity index (χ0n) is 6.59. The fourth-order valence-corrected chi connectivity index (χ4v) is 1.09. The minimum Gasteiger partial charge on any atom is -0.390 e. The molecule has 1 saturated carbocycles. The monoisotopic (exact) mass is 198 g/mol. The Kier molecular flexibility index (Phi) is 6.49. The molecule has 0 radical (unpaired) electrons. The highest BCUT2D eigenvalue weighted by Gasteiger charge is 2.19. The van der Waals surface area contributed by atoms with Crippen molar-refractivity contribution in [2.24, 2.45) is 0 Å². The standard InChI is InChI=1S/C6H12O2.H2O3S/c7-5-3-1-2-4-6(5)8;1-4(2)3/h5-8H,1-4H2;(H2,1,2,3). The Morgan fingerprint density at radius 1 is 1.00 bits per heavy atom. The molecule has 12 heavy (non-hydrogen) atoms. The maximum absolute atomic E-state index is 8.93. The van der Waals surface area contributed by atoms with E-state index in [0.717, 1.165) is 25.7 Å². The van der Waals surface area contributed by atoms with E-state index in [1.807, 2.05) is 0 Å². The lowest BCUT2D eigenvalue weighted by Gasteiger charge is -2.22. The normalized spacial score (nSPS) is 29.4. The van der Waals surface area contributed by atoms with Crippen molar-refractivity contribution < 1.29 is 23.5 Å². The summed E-state index contributed by atoms with van der Waals surface area (Å²) in [5, 5.41) is 17.9. The predicted octanol–water partition coefficient (Wildman–Crippen LogP) is -0.0367. The minimum atomic E-state index is -2.61. The van der Waals surface area contributed by atoms with Crippen LogP contribution in [-0.4, -0.2) is 35.7 Å². The lowest BCUT2D eigenvalue weighted by atomic mass is 9.95. The molecule has 0 aliphatic heterocycles. The van der Waals surface area contributed by atoms with Gasteiger partial charge in [-0.15, -0.1) is 0 Å². The average Bonchev–Trinajstić information content (AvgIpc) is 1.94. The van der Waals surface area contributed by atoms with Gasteiger partial charge in [-0.25, -0.2) is 0 Å². The van der Waals surface area contributed by atoms with E-state index in [1.165, 1.54) is 0 Å². The molecule has 0 amide bonds. The summed E-state index contributed by atoms with van der Waals surface area (Å²) in [7, 11) is 0. The third-order valence-electron chi connectivity index (χ3n) is 1.69. The Morgan fingerprint density at radius 3 is 1.42 bits per heavy atom. The molecule has 1 aliphatic carbocycles. The van der Waals surface area contributed by atoms with Crippen LogP contribution in [0.25, 0.3) is 0 Å². The largest absolute Gasteiger partial charge is 0.390 e.